The average molecular weight is 444 g/mol. The lowest BCUT2D eigenvalue weighted by molar-refractivity contribution is -0.139. The standard InChI is InChI=1S/C22H25N3O5S/c1-3-29-19-7-9-21(10-8-19)31(27,28)25-13-11-24(12-14-25)22(26)17(2)30-20-6-4-5-18(15-20)16-23/h4-10,15,17H,3,11-14H2,1-2H3. The predicted molar refractivity (Wildman–Crippen MR) is 114 cm³/mol. The summed E-state index contributed by atoms with van der Waals surface area (Å²) in [5.74, 6) is 0.836. The molecule has 1 heterocycles. The molecule has 2 aromatic carbocycles. The van der Waals surface area contributed by atoms with Crippen LogP contribution in [0.5, 0.6) is 11.5 Å². The molecule has 1 unspecified atom stereocenters. The van der Waals surface area contributed by atoms with Gasteiger partial charge in [0.05, 0.1) is 23.1 Å². The first-order valence-corrected chi connectivity index (χ1v) is 11.5. The van der Waals surface area contributed by atoms with Crippen LogP contribution in [0.1, 0.15) is 19.4 Å². The Balaban J connectivity index is 1.58. The zero-order valence-electron chi connectivity index (χ0n) is 17.5. The molecule has 1 amide bonds. The third-order valence-corrected chi connectivity index (χ3v) is 6.86. The van der Waals surface area contributed by atoms with Crippen LogP contribution in [0.25, 0.3) is 0 Å². The summed E-state index contributed by atoms with van der Waals surface area (Å²) < 4.78 is 38.2. The van der Waals surface area contributed by atoms with Crippen LogP contribution in [0.15, 0.2) is 53.4 Å². The Morgan fingerprint density at radius 2 is 1.77 bits per heavy atom. The highest BCUT2D eigenvalue weighted by Gasteiger charge is 2.32. The van der Waals surface area contributed by atoms with Crippen LogP contribution < -0.4 is 9.47 Å². The SMILES string of the molecule is CCOc1ccc(S(=O)(=O)N2CCN(C(=O)C(C)Oc3cccc(C#N)c3)CC2)cc1. The van der Waals surface area contributed by atoms with Crippen molar-refractivity contribution in [1.82, 2.24) is 9.21 Å². The van der Waals surface area contributed by atoms with E-state index < -0.39 is 16.1 Å². The van der Waals surface area contributed by atoms with Crippen molar-refractivity contribution < 1.29 is 22.7 Å². The second kappa shape index (κ2) is 9.81. The monoisotopic (exact) mass is 443 g/mol. The van der Waals surface area contributed by atoms with Crippen molar-refractivity contribution in [2.75, 3.05) is 32.8 Å². The molecule has 0 radical (unpaired) electrons. The number of amides is 1. The molecular weight excluding hydrogens is 418 g/mol. The van der Waals surface area contributed by atoms with Crippen molar-refractivity contribution >= 4 is 15.9 Å². The molecule has 0 aliphatic carbocycles. The first kappa shape index (κ1) is 22.6. The van der Waals surface area contributed by atoms with Gasteiger partial charge in [-0.1, -0.05) is 6.07 Å². The van der Waals surface area contributed by atoms with Crippen molar-refractivity contribution in [1.29, 1.82) is 5.26 Å². The largest absolute Gasteiger partial charge is 0.494 e. The fourth-order valence-electron chi connectivity index (χ4n) is 3.32. The van der Waals surface area contributed by atoms with Gasteiger partial charge in [0, 0.05) is 26.2 Å². The zero-order chi connectivity index (χ0) is 22.4. The van der Waals surface area contributed by atoms with Crippen LogP contribution >= 0.6 is 0 Å². The summed E-state index contributed by atoms with van der Waals surface area (Å²) in [7, 11) is -3.64. The van der Waals surface area contributed by atoms with Crippen LogP contribution in [-0.2, 0) is 14.8 Å². The molecule has 1 aliphatic heterocycles. The van der Waals surface area contributed by atoms with E-state index in [9.17, 15) is 13.2 Å². The molecule has 31 heavy (non-hydrogen) atoms. The molecule has 9 heteroatoms. The smallest absolute Gasteiger partial charge is 0.263 e. The van der Waals surface area contributed by atoms with Crippen LogP contribution in [-0.4, -0.2) is 62.4 Å². The lowest BCUT2D eigenvalue weighted by Crippen LogP contribution is -2.53. The van der Waals surface area contributed by atoms with E-state index in [4.69, 9.17) is 14.7 Å². The van der Waals surface area contributed by atoms with Crippen molar-refractivity contribution in [3.63, 3.8) is 0 Å². The molecule has 0 spiro atoms. The van der Waals surface area contributed by atoms with Gasteiger partial charge in [0.25, 0.3) is 5.91 Å². The normalized spacial score (nSPS) is 15.7. The predicted octanol–water partition coefficient (Wildman–Crippen LogP) is 2.26. The van der Waals surface area contributed by atoms with E-state index in [1.807, 2.05) is 13.0 Å². The molecule has 1 aliphatic rings. The number of nitriles is 1. The second-order valence-corrected chi connectivity index (χ2v) is 8.97. The van der Waals surface area contributed by atoms with Gasteiger partial charge in [0.15, 0.2) is 6.10 Å². The van der Waals surface area contributed by atoms with Gasteiger partial charge >= 0.3 is 0 Å². The Hall–Kier alpha value is -3.09. The van der Waals surface area contributed by atoms with Crippen molar-refractivity contribution in [3.8, 4) is 17.6 Å². The molecule has 1 atom stereocenters. The molecule has 0 bridgehead atoms. The number of hydrogen-bond donors (Lipinski definition) is 0. The van der Waals surface area contributed by atoms with Crippen LogP contribution in [0.3, 0.4) is 0 Å². The van der Waals surface area contributed by atoms with Gasteiger partial charge in [0.2, 0.25) is 10.0 Å². The van der Waals surface area contributed by atoms with Crippen molar-refractivity contribution in [2.45, 2.75) is 24.8 Å². The first-order chi connectivity index (χ1) is 14.8. The summed E-state index contributed by atoms with van der Waals surface area (Å²) in [6.45, 7) is 4.98. The number of benzene rings is 2. The summed E-state index contributed by atoms with van der Waals surface area (Å²) in [5, 5.41) is 8.98. The van der Waals surface area contributed by atoms with Crippen molar-refractivity contribution in [2.24, 2.45) is 0 Å². The molecule has 2 aromatic rings. The maximum Gasteiger partial charge on any atom is 0.263 e. The van der Waals surface area contributed by atoms with Gasteiger partial charge in [-0.25, -0.2) is 8.42 Å². The molecule has 1 saturated heterocycles. The molecule has 3 rings (SSSR count). The number of rotatable bonds is 7. The highest BCUT2D eigenvalue weighted by atomic mass is 32.2. The molecule has 1 fully saturated rings. The summed E-state index contributed by atoms with van der Waals surface area (Å²) >= 11 is 0. The lowest BCUT2D eigenvalue weighted by Gasteiger charge is -2.35. The Morgan fingerprint density at radius 3 is 2.39 bits per heavy atom. The van der Waals surface area contributed by atoms with Crippen molar-refractivity contribution in [3.05, 3.63) is 54.1 Å². The van der Waals surface area contributed by atoms with Gasteiger partial charge < -0.3 is 14.4 Å². The van der Waals surface area contributed by atoms with E-state index >= 15 is 0 Å². The second-order valence-electron chi connectivity index (χ2n) is 7.03. The third kappa shape index (κ3) is 5.34. The van der Waals surface area contributed by atoms with E-state index in [-0.39, 0.29) is 37.0 Å². The van der Waals surface area contributed by atoms with Crippen LogP contribution in [0.4, 0.5) is 0 Å². The zero-order valence-corrected chi connectivity index (χ0v) is 18.3. The number of nitrogens with zero attached hydrogens (tertiary/aromatic N) is 3. The van der Waals surface area contributed by atoms with E-state index in [0.717, 1.165) is 0 Å². The van der Waals surface area contributed by atoms with Crippen LogP contribution in [0.2, 0.25) is 0 Å². The molecule has 0 aromatic heterocycles. The van der Waals surface area contributed by atoms with Gasteiger partial charge in [-0.3, -0.25) is 4.79 Å². The number of ether oxygens (including phenoxy) is 2. The van der Waals surface area contributed by atoms with E-state index in [0.29, 0.717) is 23.7 Å². The van der Waals surface area contributed by atoms with Crippen LogP contribution in [0, 0.1) is 11.3 Å². The lowest BCUT2D eigenvalue weighted by atomic mass is 10.2. The molecule has 0 saturated carbocycles. The fourth-order valence-corrected chi connectivity index (χ4v) is 4.75. The van der Waals surface area contributed by atoms with E-state index in [2.05, 4.69) is 0 Å². The maximum absolute atomic E-state index is 12.9. The third-order valence-electron chi connectivity index (χ3n) is 4.95. The topological polar surface area (TPSA) is 99.9 Å². The average Bonchev–Trinajstić information content (AvgIpc) is 2.79. The van der Waals surface area contributed by atoms with Gasteiger partial charge in [0.1, 0.15) is 11.5 Å². The maximum atomic E-state index is 12.9. The molecular formula is C22H25N3O5S. The quantitative estimate of drug-likeness (QED) is 0.651. The summed E-state index contributed by atoms with van der Waals surface area (Å²) in [6, 6.07) is 15.0. The highest BCUT2D eigenvalue weighted by Crippen LogP contribution is 2.21. The number of piperazine rings is 1. The Kier molecular flexibility index (Phi) is 7.15. The Morgan fingerprint density at radius 1 is 1.10 bits per heavy atom. The minimum absolute atomic E-state index is 0.199. The Labute approximate surface area is 182 Å². The first-order valence-electron chi connectivity index (χ1n) is 10.0. The van der Waals surface area contributed by atoms with E-state index in [1.54, 1.807) is 48.2 Å². The Bertz CT molecular complexity index is 1060. The van der Waals surface area contributed by atoms with Gasteiger partial charge in [-0.05, 0) is 56.3 Å². The van der Waals surface area contributed by atoms with Gasteiger partial charge in [-0.2, -0.15) is 9.57 Å². The molecule has 164 valence electrons. The highest BCUT2D eigenvalue weighted by molar-refractivity contribution is 7.89. The van der Waals surface area contributed by atoms with Gasteiger partial charge in [-0.15, -0.1) is 0 Å². The number of carbonyl (C=O) groups is 1. The number of carbonyl (C=O) groups excluding carboxylic acids is 1. The fraction of sp³-hybridized carbons (Fsp3) is 0.364. The molecule has 0 N–H and O–H groups in total. The minimum atomic E-state index is -3.64. The summed E-state index contributed by atoms with van der Waals surface area (Å²) in [6.07, 6.45) is -0.747. The minimum Gasteiger partial charge on any atom is -0.494 e. The summed E-state index contributed by atoms with van der Waals surface area (Å²) in [4.78, 5) is 14.5. The molecule has 8 nitrogen and oxygen atoms in total. The van der Waals surface area contributed by atoms with E-state index in [1.165, 1.54) is 16.4 Å². The summed E-state index contributed by atoms with van der Waals surface area (Å²) in [5.41, 5.74) is 0.449. The number of hydrogen-bond acceptors (Lipinski definition) is 6. The number of sulfonamides is 1.